The topological polar surface area (TPSA) is 30.5 Å². The third-order valence-electron chi connectivity index (χ3n) is 3.38. The second-order valence-corrected chi connectivity index (χ2v) is 4.99. The van der Waals surface area contributed by atoms with Crippen LogP contribution in [0, 0.1) is 6.92 Å². The maximum Gasteiger partial charge on any atom is 0.161 e. The molecule has 0 bridgehead atoms. The van der Waals surface area contributed by atoms with Crippen molar-refractivity contribution in [3.8, 4) is 11.5 Å². The Morgan fingerprint density at radius 2 is 1.81 bits per heavy atom. The number of rotatable bonds is 7. The van der Waals surface area contributed by atoms with E-state index in [-0.39, 0.29) is 6.04 Å². The summed E-state index contributed by atoms with van der Waals surface area (Å²) in [6, 6.07) is 16.5. The lowest BCUT2D eigenvalue weighted by atomic mass is 10.1. The van der Waals surface area contributed by atoms with Gasteiger partial charge >= 0.3 is 0 Å². The molecule has 3 heteroatoms. The second-order valence-electron chi connectivity index (χ2n) is 4.99. The van der Waals surface area contributed by atoms with Crippen LogP contribution >= 0.6 is 0 Å². The average Bonchev–Trinajstić information content (AvgIpc) is 2.53. The number of aryl methyl sites for hydroxylation is 1. The fourth-order valence-corrected chi connectivity index (χ4v) is 2.27. The predicted octanol–water partition coefficient (Wildman–Crippen LogP) is 3.73. The van der Waals surface area contributed by atoms with Crippen molar-refractivity contribution in [3.63, 3.8) is 0 Å². The molecule has 1 unspecified atom stereocenters. The number of likely N-dealkylation sites (N-methyl/N-ethyl adjacent to an activating group) is 1. The Labute approximate surface area is 126 Å². The van der Waals surface area contributed by atoms with E-state index >= 15 is 0 Å². The Morgan fingerprint density at radius 3 is 2.48 bits per heavy atom. The zero-order valence-electron chi connectivity index (χ0n) is 12.9. The van der Waals surface area contributed by atoms with Gasteiger partial charge in [-0.1, -0.05) is 43.3 Å². The van der Waals surface area contributed by atoms with Crippen molar-refractivity contribution in [1.82, 2.24) is 5.32 Å². The molecule has 0 aromatic heterocycles. The standard InChI is InChI=1S/C18H23NO2/c1-4-19-16(15-8-6-5-7-9-15)13-21-17-11-10-14(2)12-18(17)20-3/h5-12,16,19H,4,13H2,1-3H3. The van der Waals surface area contributed by atoms with Gasteiger partial charge in [-0.3, -0.25) is 0 Å². The Balaban J connectivity index is 2.09. The van der Waals surface area contributed by atoms with Crippen molar-refractivity contribution in [2.75, 3.05) is 20.3 Å². The molecular formula is C18H23NO2. The van der Waals surface area contributed by atoms with E-state index in [1.807, 2.05) is 43.3 Å². The van der Waals surface area contributed by atoms with E-state index < -0.39 is 0 Å². The van der Waals surface area contributed by atoms with Crippen molar-refractivity contribution in [3.05, 3.63) is 59.7 Å². The van der Waals surface area contributed by atoms with Gasteiger partial charge in [0, 0.05) is 0 Å². The minimum absolute atomic E-state index is 0.169. The first-order chi connectivity index (χ1) is 10.2. The first kappa shape index (κ1) is 15.4. The zero-order chi connectivity index (χ0) is 15.1. The van der Waals surface area contributed by atoms with Crippen LogP contribution in [0.5, 0.6) is 11.5 Å². The summed E-state index contributed by atoms with van der Waals surface area (Å²) in [6.45, 7) is 5.60. The molecule has 112 valence electrons. The SMILES string of the molecule is CCNC(COc1ccc(C)cc1OC)c1ccccc1. The molecule has 0 aliphatic heterocycles. The van der Waals surface area contributed by atoms with Gasteiger partial charge in [-0.15, -0.1) is 0 Å². The van der Waals surface area contributed by atoms with Gasteiger partial charge < -0.3 is 14.8 Å². The molecule has 0 fully saturated rings. The molecule has 0 spiro atoms. The summed E-state index contributed by atoms with van der Waals surface area (Å²) in [5, 5.41) is 3.45. The molecular weight excluding hydrogens is 262 g/mol. The number of nitrogens with one attached hydrogen (secondary N) is 1. The quantitative estimate of drug-likeness (QED) is 0.840. The highest BCUT2D eigenvalue weighted by Crippen LogP contribution is 2.28. The second kappa shape index (κ2) is 7.70. The fraction of sp³-hybridized carbons (Fsp3) is 0.333. The van der Waals surface area contributed by atoms with Gasteiger partial charge in [0.15, 0.2) is 11.5 Å². The van der Waals surface area contributed by atoms with Crippen LogP contribution in [-0.4, -0.2) is 20.3 Å². The summed E-state index contributed by atoms with van der Waals surface area (Å²) in [7, 11) is 1.67. The molecule has 2 rings (SSSR count). The van der Waals surface area contributed by atoms with Crippen molar-refractivity contribution in [2.24, 2.45) is 0 Å². The lowest BCUT2D eigenvalue weighted by Crippen LogP contribution is -2.26. The molecule has 2 aromatic rings. The van der Waals surface area contributed by atoms with Crippen LogP contribution in [0.2, 0.25) is 0 Å². The lowest BCUT2D eigenvalue weighted by Gasteiger charge is -2.20. The lowest BCUT2D eigenvalue weighted by molar-refractivity contribution is 0.255. The highest BCUT2D eigenvalue weighted by Gasteiger charge is 2.12. The molecule has 2 aromatic carbocycles. The van der Waals surface area contributed by atoms with Crippen molar-refractivity contribution in [2.45, 2.75) is 19.9 Å². The molecule has 0 heterocycles. The van der Waals surface area contributed by atoms with Crippen molar-refractivity contribution in [1.29, 1.82) is 0 Å². The van der Waals surface area contributed by atoms with E-state index in [1.165, 1.54) is 5.56 Å². The monoisotopic (exact) mass is 285 g/mol. The average molecular weight is 285 g/mol. The van der Waals surface area contributed by atoms with Crippen LogP contribution < -0.4 is 14.8 Å². The Morgan fingerprint density at radius 1 is 1.05 bits per heavy atom. The van der Waals surface area contributed by atoms with E-state index in [2.05, 4.69) is 24.4 Å². The normalized spacial score (nSPS) is 12.0. The number of hydrogen-bond acceptors (Lipinski definition) is 3. The summed E-state index contributed by atoms with van der Waals surface area (Å²) in [4.78, 5) is 0. The number of methoxy groups -OCH3 is 1. The maximum atomic E-state index is 5.96. The van der Waals surface area contributed by atoms with Gasteiger partial charge in [0.25, 0.3) is 0 Å². The van der Waals surface area contributed by atoms with Gasteiger partial charge in [0.05, 0.1) is 13.2 Å². The largest absolute Gasteiger partial charge is 0.493 e. The van der Waals surface area contributed by atoms with Crippen LogP contribution in [0.4, 0.5) is 0 Å². The maximum absolute atomic E-state index is 5.96. The number of hydrogen-bond donors (Lipinski definition) is 1. The summed E-state index contributed by atoms with van der Waals surface area (Å²) >= 11 is 0. The molecule has 0 radical (unpaired) electrons. The summed E-state index contributed by atoms with van der Waals surface area (Å²) < 4.78 is 11.3. The molecule has 0 aliphatic rings. The fourth-order valence-electron chi connectivity index (χ4n) is 2.27. The minimum Gasteiger partial charge on any atom is -0.493 e. The Bertz CT molecular complexity index is 554. The van der Waals surface area contributed by atoms with Crippen molar-refractivity contribution < 1.29 is 9.47 Å². The Kier molecular flexibility index (Phi) is 5.64. The zero-order valence-corrected chi connectivity index (χ0v) is 12.9. The highest BCUT2D eigenvalue weighted by atomic mass is 16.5. The van der Waals surface area contributed by atoms with Gasteiger partial charge in [-0.2, -0.15) is 0 Å². The number of ether oxygens (including phenoxy) is 2. The summed E-state index contributed by atoms with van der Waals surface area (Å²) in [5.41, 5.74) is 2.39. The van der Waals surface area contributed by atoms with Gasteiger partial charge in [-0.25, -0.2) is 0 Å². The van der Waals surface area contributed by atoms with Gasteiger partial charge in [0.2, 0.25) is 0 Å². The summed E-state index contributed by atoms with van der Waals surface area (Å²) in [5.74, 6) is 1.56. The molecule has 0 amide bonds. The van der Waals surface area contributed by atoms with E-state index in [0.29, 0.717) is 6.61 Å². The smallest absolute Gasteiger partial charge is 0.161 e. The number of benzene rings is 2. The molecule has 1 atom stereocenters. The van der Waals surface area contributed by atoms with Gasteiger partial charge in [-0.05, 0) is 36.7 Å². The highest BCUT2D eigenvalue weighted by molar-refractivity contribution is 5.42. The summed E-state index contributed by atoms with van der Waals surface area (Å²) in [6.07, 6.45) is 0. The van der Waals surface area contributed by atoms with Crippen LogP contribution in [0.15, 0.2) is 48.5 Å². The minimum atomic E-state index is 0.169. The van der Waals surface area contributed by atoms with E-state index in [1.54, 1.807) is 7.11 Å². The van der Waals surface area contributed by atoms with Gasteiger partial charge in [0.1, 0.15) is 6.61 Å². The van der Waals surface area contributed by atoms with Crippen LogP contribution in [0.25, 0.3) is 0 Å². The molecule has 0 saturated heterocycles. The third kappa shape index (κ3) is 4.23. The van der Waals surface area contributed by atoms with Crippen LogP contribution in [-0.2, 0) is 0 Å². The molecule has 1 N–H and O–H groups in total. The van der Waals surface area contributed by atoms with Crippen molar-refractivity contribution >= 4 is 0 Å². The Hall–Kier alpha value is -2.00. The van der Waals surface area contributed by atoms with E-state index in [4.69, 9.17) is 9.47 Å². The molecule has 0 saturated carbocycles. The van der Waals surface area contributed by atoms with Crippen LogP contribution in [0.1, 0.15) is 24.1 Å². The third-order valence-corrected chi connectivity index (χ3v) is 3.38. The molecule has 21 heavy (non-hydrogen) atoms. The molecule has 3 nitrogen and oxygen atoms in total. The van der Waals surface area contributed by atoms with E-state index in [9.17, 15) is 0 Å². The first-order valence-corrected chi connectivity index (χ1v) is 7.30. The first-order valence-electron chi connectivity index (χ1n) is 7.30. The predicted molar refractivity (Wildman–Crippen MR) is 86.1 cm³/mol. The molecule has 0 aliphatic carbocycles. The van der Waals surface area contributed by atoms with E-state index in [0.717, 1.165) is 23.6 Å². The van der Waals surface area contributed by atoms with Crippen LogP contribution in [0.3, 0.4) is 0 Å².